The Labute approximate surface area is 209 Å². The average Bonchev–Trinajstić information content (AvgIpc) is 3.28. The quantitative estimate of drug-likeness (QED) is 0.466. The van der Waals surface area contributed by atoms with Crippen LogP contribution in [0.4, 0.5) is 5.69 Å². The van der Waals surface area contributed by atoms with Crippen molar-refractivity contribution in [1.29, 1.82) is 0 Å². The molecule has 5 N–H and O–H groups in total. The minimum absolute atomic E-state index is 0.195. The summed E-state index contributed by atoms with van der Waals surface area (Å²) in [6.07, 6.45) is 4.31. The lowest BCUT2D eigenvalue weighted by Gasteiger charge is -2.36. The van der Waals surface area contributed by atoms with E-state index < -0.39 is 0 Å². The number of carbonyl (C=O) groups excluding carboxylic acids is 1. The fraction of sp³-hybridized carbons (Fsp3) is 0.360. The minimum Gasteiger partial charge on any atom is -0.403 e. The van der Waals surface area contributed by atoms with E-state index in [9.17, 15) is 4.79 Å². The molecule has 10 heteroatoms. The Morgan fingerprint density at radius 1 is 1.20 bits per heavy atom. The molecule has 5 rings (SSSR count). The van der Waals surface area contributed by atoms with Gasteiger partial charge in [0.15, 0.2) is 11.9 Å². The van der Waals surface area contributed by atoms with Gasteiger partial charge in [-0.3, -0.25) is 4.79 Å². The van der Waals surface area contributed by atoms with E-state index in [4.69, 9.17) is 33.0 Å². The molecule has 1 amide bonds. The number of carbonyl (C=O) groups is 1. The van der Waals surface area contributed by atoms with E-state index in [0.717, 1.165) is 53.7 Å². The third-order valence-electron chi connectivity index (χ3n) is 6.59. The maximum absolute atomic E-state index is 13.2. The molecule has 35 heavy (non-hydrogen) atoms. The zero-order valence-corrected chi connectivity index (χ0v) is 20.2. The van der Waals surface area contributed by atoms with Crippen LogP contribution in [0.15, 0.2) is 54.4 Å². The largest absolute Gasteiger partial charge is 0.403 e. The van der Waals surface area contributed by atoms with Crippen LogP contribution in [0.2, 0.25) is 5.02 Å². The lowest BCUT2D eigenvalue weighted by Crippen LogP contribution is -2.48. The summed E-state index contributed by atoms with van der Waals surface area (Å²) in [6.45, 7) is 3.13. The van der Waals surface area contributed by atoms with Crippen molar-refractivity contribution in [1.82, 2.24) is 20.1 Å². The van der Waals surface area contributed by atoms with E-state index in [2.05, 4.69) is 16.3 Å². The molecule has 184 valence electrons. The van der Waals surface area contributed by atoms with Crippen LogP contribution < -0.4 is 21.8 Å². The van der Waals surface area contributed by atoms with E-state index >= 15 is 0 Å². The van der Waals surface area contributed by atoms with Gasteiger partial charge in [-0.15, -0.1) is 0 Å². The Balaban J connectivity index is 1.46. The number of benzene rings is 2. The van der Waals surface area contributed by atoms with E-state index in [1.807, 2.05) is 41.1 Å². The lowest BCUT2D eigenvalue weighted by atomic mass is 10.1. The van der Waals surface area contributed by atoms with Gasteiger partial charge in [0.2, 0.25) is 0 Å². The average molecular weight is 496 g/mol. The Morgan fingerprint density at radius 3 is 2.77 bits per heavy atom. The second kappa shape index (κ2) is 10.2. The van der Waals surface area contributed by atoms with Crippen LogP contribution >= 0.6 is 11.6 Å². The van der Waals surface area contributed by atoms with Crippen molar-refractivity contribution in [2.24, 2.45) is 11.6 Å². The van der Waals surface area contributed by atoms with E-state index in [-0.39, 0.29) is 12.1 Å². The number of anilines is 1. The van der Waals surface area contributed by atoms with Crippen molar-refractivity contribution < 1.29 is 9.53 Å². The first kappa shape index (κ1) is 23.5. The maximum Gasteiger partial charge on any atom is 0.272 e. The lowest BCUT2D eigenvalue weighted by molar-refractivity contribution is -0.0368. The first-order valence-electron chi connectivity index (χ1n) is 11.9. The molecule has 9 nitrogen and oxygen atoms in total. The summed E-state index contributed by atoms with van der Waals surface area (Å²) in [5, 5.41) is 10.9. The third kappa shape index (κ3) is 4.93. The topological polar surface area (TPSA) is 115 Å². The molecular weight excluding hydrogens is 466 g/mol. The van der Waals surface area contributed by atoms with Gasteiger partial charge in [0.05, 0.1) is 24.3 Å². The fourth-order valence-corrected chi connectivity index (χ4v) is 4.73. The maximum atomic E-state index is 13.2. The second-order valence-corrected chi connectivity index (χ2v) is 9.33. The summed E-state index contributed by atoms with van der Waals surface area (Å²) in [4.78, 5) is 15.4. The van der Waals surface area contributed by atoms with Gasteiger partial charge in [-0.05, 0) is 55.2 Å². The van der Waals surface area contributed by atoms with Gasteiger partial charge < -0.3 is 25.7 Å². The van der Waals surface area contributed by atoms with Crippen molar-refractivity contribution in [3.8, 4) is 0 Å². The minimum atomic E-state index is -0.225. The molecule has 1 unspecified atom stereocenters. The zero-order chi connectivity index (χ0) is 24.4. The molecular formula is C25H30ClN7O2. The molecule has 2 saturated heterocycles. The standard InChI is InChI=1S/C25H30ClN7O2/c26-18-6-4-17(5-7-18)15-29-25(34)24-21-9-8-19(31-10-11-32(28)20(14-27)16-31)13-22(21)33(30-24)23-3-1-2-12-35-23/h4-9,13-14,23H,1-3,10-12,15-16,27-28H2,(H,29,34)/b20-14-. The number of aromatic nitrogens is 2. The van der Waals surface area contributed by atoms with Crippen LogP contribution in [0.5, 0.6) is 0 Å². The van der Waals surface area contributed by atoms with Crippen LogP contribution in [0.25, 0.3) is 10.9 Å². The number of hydrazine groups is 1. The molecule has 3 heterocycles. The van der Waals surface area contributed by atoms with Gasteiger partial charge in [-0.1, -0.05) is 23.7 Å². The summed E-state index contributed by atoms with van der Waals surface area (Å²) in [5.74, 6) is 5.81. The van der Waals surface area contributed by atoms with Crippen LogP contribution in [0.3, 0.4) is 0 Å². The predicted molar refractivity (Wildman–Crippen MR) is 137 cm³/mol. The van der Waals surface area contributed by atoms with Crippen molar-refractivity contribution in [2.45, 2.75) is 32.0 Å². The highest BCUT2D eigenvalue weighted by Crippen LogP contribution is 2.31. The number of amides is 1. The number of rotatable bonds is 5. The van der Waals surface area contributed by atoms with E-state index in [0.29, 0.717) is 37.0 Å². The number of nitrogens with one attached hydrogen (secondary N) is 1. The fourth-order valence-electron chi connectivity index (χ4n) is 4.60. The summed E-state index contributed by atoms with van der Waals surface area (Å²) in [6, 6.07) is 13.5. The molecule has 1 atom stereocenters. The highest BCUT2D eigenvalue weighted by molar-refractivity contribution is 6.30. The van der Waals surface area contributed by atoms with Crippen LogP contribution in [0, 0.1) is 0 Å². The van der Waals surface area contributed by atoms with Crippen LogP contribution in [0.1, 0.15) is 41.5 Å². The number of hydrogen-bond acceptors (Lipinski definition) is 7. The van der Waals surface area contributed by atoms with Gasteiger partial charge in [0.1, 0.15) is 0 Å². The van der Waals surface area contributed by atoms with Gasteiger partial charge in [0.25, 0.3) is 5.91 Å². The molecule has 2 aromatic carbocycles. The van der Waals surface area contributed by atoms with Gasteiger partial charge in [-0.2, -0.15) is 5.10 Å². The summed E-state index contributed by atoms with van der Waals surface area (Å²) < 4.78 is 7.90. The van der Waals surface area contributed by atoms with Crippen molar-refractivity contribution in [2.75, 3.05) is 31.1 Å². The van der Waals surface area contributed by atoms with Crippen molar-refractivity contribution in [3.63, 3.8) is 0 Å². The summed E-state index contributed by atoms with van der Waals surface area (Å²) in [5.41, 5.74) is 9.89. The molecule has 0 radical (unpaired) electrons. The number of nitrogens with zero attached hydrogens (tertiary/aromatic N) is 4. The van der Waals surface area contributed by atoms with E-state index in [1.54, 1.807) is 11.2 Å². The van der Waals surface area contributed by atoms with Crippen LogP contribution in [-0.2, 0) is 11.3 Å². The molecule has 2 fully saturated rings. The Bertz CT molecular complexity index is 1230. The first-order valence-corrected chi connectivity index (χ1v) is 12.3. The van der Waals surface area contributed by atoms with Gasteiger partial charge in [0, 0.05) is 42.0 Å². The Kier molecular flexibility index (Phi) is 6.81. The van der Waals surface area contributed by atoms with Crippen molar-refractivity contribution >= 4 is 34.1 Å². The number of halogens is 1. The molecule has 0 aliphatic carbocycles. The summed E-state index contributed by atoms with van der Waals surface area (Å²) >= 11 is 5.97. The number of nitrogens with two attached hydrogens (primary N) is 2. The SMILES string of the molecule is N/C=C1/CN(c2ccc3c(C(=O)NCc4ccc(Cl)cc4)nn(C4CCCCO4)c3c2)CCN1N. The van der Waals surface area contributed by atoms with Gasteiger partial charge in [-0.25, -0.2) is 10.5 Å². The molecule has 3 aromatic rings. The highest BCUT2D eigenvalue weighted by Gasteiger charge is 2.26. The van der Waals surface area contributed by atoms with E-state index in [1.165, 1.54) is 0 Å². The summed E-state index contributed by atoms with van der Waals surface area (Å²) in [7, 11) is 0. The molecule has 0 bridgehead atoms. The third-order valence-corrected chi connectivity index (χ3v) is 6.84. The number of fused-ring (bicyclic) bond motifs is 1. The van der Waals surface area contributed by atoms with Crippen molar-refractivity contribution in [3.05, 3.63) is 70.6 Å². The number of ether oxygens (including phenoxy) is 1. The highest BCUT2D eigenvalue weighted by atomic mass is 35.5. The molecule has 2 aliphatic heterocycles. The van der Waals surface area contributed by atoms with Crippen LogP contribution in [-0.4, -0.2) is 46.9 Å². The van der Waals surface area contributed by atoms with Gasteiger partial charge >= 0.3 is 0 Å². The molecule has 0 spiro atoms. The second-order valence-electron chi connectivity index (χ2n) is 8.90. The predicted octanol–water partition coefficient (Wildman–Crippen LogP) is 3.11. The molecule has 1 aromatic heterocycles. The zero-order valence-electron chi connectivity index (χ0n) is 19.5. The Morgan fingerprint density at radius 2 is 2.03 bits per heavy atom. The normalized spacial score (nSPS) is 19.9. The molecule has 0 saturated carbocycles. The first-order chi connectivity index (χ1) is 17.0. The number of hydrogen-bond donors (Lipinski definition) is 3. The Hall–Kier alpha value is -3.27. The number of piperazine rings is 1. The smallest absolute Gasteiger partial charge is 0.272 e. The monoisotopic (exact) mass is 495 g/mol. The molecule has 2 aliphatic rings.